The van der Waals surface area contributed by atoms with E-state index in [0.717, 1.165) is 43.9 Å². The number of hydrogen-bond donors (Lipinski definition) is 0. The summed E-state index contributed by atoms with van der Waals surface area (Å²) in [5.41, 5.74) is 2.85. The van der Waals surface area contributed by atoms with Crippen LogP contribution in [0.1, 0.15) is 43.2 Å². The molecule has 0 bridgehead atoms. The third-order valence-electron chi connectivity index (χ3n) is 4.70. The van der Waals surface area contributed by atoms with Crippen molar-refractivity contribution in [1.82, 2.24) is 4.90 Å². The molecule has 1 heterocycles. The van der Waals surface area contributed by atoms with Crippen LogP contribution >= 0.6 is 0 Å². The molecule has 128 valence electrons. The van der Waals surface area contributed by atoms with Crippen LogP contribution in [0.25, 0.3) is 0 Å². The average molecular weight is 331 g/mol. The Hall–Kier alpha value is -2.60. The summed E-state index contributed by atoms with van der Waals surface area (Å²) >= 11 is 0. The van der Waals surface area contributed by atoms with Gasteiger partial charge in [0.1, 0.15) is 11.9 Å². The molecular formula is C22H25N3. The van der Waals surface area contributed by atoms with Gasteiger partial charge in [0.05, 0.1) is 11.3 Å². The Balaban J connectivity index is 1.71. The van der Waals surface area contributed by atoms with E-state index >= 15 is 0 Å². The maximum absolute atomic E-state index is 9.30. The predicted octanol–water partition coefficient (Wildman–Crippen LogP) is 5.10. The van der Waals surface area contributed by atoms with Gasteiger partial charge >= 0.3 is 0 Å². The van der Waals surface area contributed by atoms with Crippen molar-refractivity contribution in [3.63, 3.8) is 0 Å². The second-order valence-corrected chi connectivity index (χ2v) is 6.54. The van der Waals surface area contributed by atoms with Crippen LogP contribution in [0.3, 0.4) is 0 Å². The second-order valence-electron chi connectivity index (χ2n) is 6.54. The maximum Gasteiger partial charge on any atom is 0.105 e. The molecule has 0 atom stereocenters. The standard InChI is InChI=1S/C22H25N3/c23-18-20-13-6-7-14-21(20)24-22-15-5-2-8-16-25(22)17-9-12-19-10-3-1-4-11-19/h1,3-4,6-7,10-11,13-14H,2,5,8-9,12,15-17H2. The number of amidine groups is 1. The quantitative estimate of drug-likeness (QED) is 0.765. The summed E-state index contributed by atoms with van der Waals surface area (Å²) < 4.78 is 0. The topological polar surface area (TPSA) is 39.4 Å². The van der Waals surface area contributed by atoms with E-state index in [1.165, 1.54) is 24.8 Å². The minimum Gasteiger partial charge on any atom is -0.360 e. The third-order valence-corrected chi connectivity index (χ3v) is 4.70. The fourth-order valence-corrected chi connectivity index (χ4v) is 3.34. The van der Waals surface area contributed by atoms with Crippen molar-refractivity contribution in [2.75, 3.05) is 13.1 Å². The van der Waals surface area contributed by atoms with Gasteiger partial charge in [0.15, 0.2) is 0 Å². The van der Waals surface area contributed by atoms with Gasteiger partial charge in [0.2, 0.25) is 0 Å². The molecule has 3 heteroatoms. The Bertz CT molecular complexity index is 743. The van der Waals surface area contributed by atoms with Crippen LogP contribution in [-0.2, 0) is 6.42 Å². The van der Waals surface area contributed by atoms with Gasteiger partial charge in [0.25, 0.3) is 0 Å². The zero-order chi connectivity index (χ0) is 17.3. The van der Waals surface area contributed by atoms with Gasteiger partial charge in [-0.15, -0.1) is 0 Å². The summed E-state index contributed by atoms with van der Waals surface area (Å²) in [6, 6.07) is 20.6. The highest BCUT2D eigenvalue weighted by Gasteiger charge is 2.15. The third kappa shape index (κ3) is 4.93. The van der Waals surface area contributed by atoms with E-state index in [9.17, 15) is 5.26 Å². The van der Waals surface area contributed by atoms with Crippen molar-refractivity contribution in [3.8, 4) is 6.07 Å². The zero-order valence-corrected chi connectivity index (χ0v) is 14.7. The Labute approximate surface area is 150 Å². The first kappa shape index (κ1) is 17.2. The molecule has 1 saturated heterocycles. The number of para-hydroxylation sites is 1. The Morgan fingerprint density at radius 3 is 2.60 bits per heavy atom. The average Bonchev–Trinajstić information content (AvgIpc) is 2.88. The monoisotopic (exact) mass is 331 g/mol. The molecule has 3 rings (SSSR count). The van der Waals surface area contributed by atoms with Crippen molar-refractivity contribution in [1.29, 1.82) is 5.26 Å². The van der Waals surface area contributed by atoms with E-state index in [1.54, 1.807) is 0 Å². The van der Waals surface area contributed by atoms with Crippen LogP contribution in [0.5, 0.6) is 0 Å². The van der Waals surface area contributed by atoms with Crippen LogP contribution in [0.4, 0.5) is 5.69 Å². The number of aryl methyl sites for hydroxylation is 1. The summed E-state index contributed by atoms with van der Waals surface area (Å²) in [5, 5.41) is 9.30. The van der Waals surface area contributed by atoms with Gasteiger partial charge in [-0.2, -0.15) is 5.26 Å². The SMILES string of the molecule is N#Cc1ccccc1N=C1CCCCCN1CCCc1ccccc1. The molecule has 0 unspecified atom stereocenters. The van der Waals surface area contributed by atoms with Crippen molar-refractivity contribution >= 4 is 11.5 Å². The highest BCUT2D eigenvalue weighted by molar-refractivity contribution is 5.85. The van der Waals surface area contributed by atoms with Crippen molar-refractivity contribution in [2.24, 2.45) is 4.99 Å². The van der Waals surface area contributed by atoms with Crippen LogP contribution in [0, 0.1) is 11.3 Å². The number of hydrogen-bond acceptors (Lipinski definition) is 2. The number of likely N-dealkylation sites (tertiary alicyclic amines) is 1. The van der Waals surface area contributed by atoms with Crippen molar-refractivity contribution in [2.45, 2.75) is 38.5 Å². The lowest BCUT2D eigenvalue weighted by molar-refractivity contribution is 0.406. The highest BCUT2D eigenvalue weighted by Crippen LogP contribution is 2.22. The molecule has 1 aliphatic rings. The molecule has 0 aromatic heterocycles. The first-order valence-corrected chi connectivity index (χ1v) is 9.22. The van der Waals surface area contributed by atoms with Gasteiger partial charge in [-0.1, -0.05) is 48.9 Å². The molecular weight excluding hydrogens is 306 g/mol. The molecule has 0 aliphatic carbocycles. The molecule has 0 saturated carbocycles. The first-order chi connectivity index (χ1) is 12.4. The summed E-state index contributed by atoms with van der Waals surface area (Å²) in [5.74, 6) is 1.15. The van der Waals surface area contributed by atoms with Crippen LogP contribution < -0.4 is 0 Å². The minimum atomic E-state index is 0.656. The van der Waals surface area contributed by atoms with E-state index in [0.29, 0.717) is 5.56 Å². The number of aliphatic imine (C=N–C) groups is 1. The van der Waals surface area contributed by atoms with E-state index in [1.807, 2.05) is 24.3 Å². The van der Waals surface area contributed by atoms with E-state index < -0.39 is 0 Å². The number of nitriles is 1. The van der Waals surface area contributed by atoms with E-state index in [2.05, 4.69) is 41.3 Å². The van der Waals surface area contributed by atoms with Gasteiger partial charge in [0, 0.05) is 19.5 Å². The molecule has 0 spiro atoms. The highest BCUT2D eigenvalue weighted by atomic mass is 15.2. The molecule has 25 heavy (non-hydrogen) atoms. The molecule has 2 aromatic rings. The zero-order valence-electron chi connectivity index (χ0n) is 14.7. The predicted molar refractivity (Wildman–Crippen MR) is 103 cm³/mol. The minimum absolute atomic E-state index is 0.656. The number of rotatable bonds is 5. The Morgan fingerprint density at radius 1 is 0.960 bits per heavy atom. The Morgan fingerprint density at radius 2 is 1.76 bits per heavy atom. The lowest BCUT2D eigenvalue weighted by Gasteiger charge is -2.24. The van der Waals surface area contributed by atoms with Crippen LogP contribution in [0.15, 0.2) is 59.6 Å². The molecule has 0 radical (unpaired) electrons. The van der Waals surface area contributed by atoms with Gasteiger partial charge in [-0.25, -0.2) is 4.99 Å². The van der Waals surface area contributed by atoms with Gasteiger partial charge < -0.3 is 4.90 Å². The van der Waals surface area contributed by atoms with Crippen LogP contribution in [-0.4, -0.2) is 23.8 Å². The molecule has 0 amide bonds. The summed E-state index contributed by atoms with van der Waals surface area (Å²) in [7, 11) is 0. The smallest absolute Gasteiger partial charge is 0.105 e. The molecule has 1 aliphatic heterocycles. The fourth-order valence-electron chi connectivity index (χ4n) is 3.34. The molecule has 0 N–H and O–H groups in total. The molecule has 2 aromatic carbocycles. The lowest BCUT2D eigenvalue weighted by Crippen LogP contribution is -2.31. The van der Waals surface area contributed by atoms with Crippen LogP contribution in [0.2, 0.25) is 0 Å². The molecule has 3 nitrogen and oxygen atoms in total. The Kier molecular flexibility index (Phi) is 6.23. The van der Waals surface area contributed by atoms with E-state index in [-0.39, 0.29) is 0 Å². The fraction of sp³-hybridized carbons (Fsp3) is 0.364. The first-order valence-electron chi connectivity index (χ1n) is 9.22. The van der Waals surface area contributed by atoms with Crippen molar-refractivity contribution < 1.29 is 0 Å². The summed E-state index contributed by atoms with van der Waals surface area (Å²) in [4.78, 5) is 7.31. The summed E-state index contributed by atoms with van der Waals surface area (Å²) in [6.45, 7) is 2.10. The summed E-state index contributed by atoms with van der Waals surface area (Å²) in [6.07, 6.45) is 6.90. The normalized spacial score (nSPS) is 16.4. The molecule has 1 fully saturated rings. The number of nitrogens with zero attached hydrogens (tertiary/aromatic N) is 3. The second kappa shape index (κ2) is 9.03. The van der Waals surface area contributed by atoms with Gasteiger partial charge in [-0.05, 0) is 43.4 Å². The largest absolute Gasteiger partial charge is 0.360 e. The van der Waals surface area contributed by atoms with Gasteiger partial charge in [-0.3, -0.25) is 0 Å². The maximum atomic E-state index is 9.30. The number of benzene rings is 2. The van der Waals surface area contributed by atoms with E-state index in [4.69, 9.17) is 4.99 Å². The lowest BCUT2D eigenvalue weighted by atomic mass is 10.1. The van der Waals surface area contributed by atoms with Crippen molar-refractivity contribution in [3.05, 3.63) is 65.7 Å².